The van der Waals surface area contributed by atoms with Crippen molar-refractivity contribution >= 4 is 31.6 Å². The van der Waals surface area contributed by atoms with E-state index in [1.807, 2.05) is 0 Å². The average Bonchev–Trinajstić information content (AvgIpc) is 3.19. The number of esters is 2. The second-order valence-corrected chi connectivity index (χ2v) is 16.3. The molecular formula is C35H65N2O22P. The van der Waals surface area contributed by atoms with Crippen LogP contribution in [0.5, 0.6) is 0 Å². The van der Waals surface area contributed by atoms with Crippen LogP contribution in [0.15, 0.2) is 0 Å². The highest BCUT2D eigenvalue weighted by atomic mass is 31.2. The first-order valence-electron chi connectivity index (χ1n) is 19.4. The molecule has 352 valence electrons. The summed E-state index contributed by atoms with van der Waals surface area (Å²) in [6, 6.07) is 0. The Morgan fingerprint density at radius 1 is 0.800 bits per heavy atom. The molecule has 0 bridgehead atoms. The number of aliphatic hydroxyl groups excluding tert-OH is 8. The lowest BCUT2D eigenvalue weighted by Crippen LogP contribution is -2.62. The minimum atomic E-state index is -4.71. The van der Waals surface area contributed by atoms with Crippen LogP contribution in [0.1, 0.15) is 67.2 Å². The number of carbonyl (C=O) groups is 4. The number of amides is 2. The number of phosphoric acid groups is 1. The predicted octanol–water partition coefficient (Wildman–Crippen LogP) is -3.74. The van der Waals surface area contributed by atoms with Crippen molar-refractivity contribution < 1.29 is 107 Å². The average molecular weight is 897 g/mol. The largest absolute Gasteiger partial charge is 0.472 e. The number of carbonyl (C=O) groups excluding carboxylic acids is 4. The first-order valence-corrected chi connectivity index (χ1v) is 20.9. The minimum Gasteiger partial charge on any atom is -0.462 e. The Morgan fingerprint density at radius 3 is 2.02 bits per heavy atom. The molecular weight excluding hydrogens is 831 g/mol. The van der Waals surface area contributed by atoms with E-state index in [4.69, 9.17) is 37.5 Å². The number of ether oxygens (including phenoxy) is 6. The Morgan fingerprint density at radius 2 is 1.42 bits per heavy atom. The maximum absolute atomic E-state index is 13.1. The van der Waals surface area contributed by atoms with Gasteiger partial charge < -0.3 is 84.8 Å². The van der Waals surface area contributed by atoms with Crippen molar-refractivity contribution in [3.8, 4) is 0 Å². The summed E-state index contributed by atoms with van der Waals surface area (Å²) in [5, 5.41) is 84.7. The molecule has 0 saturated carbocycles. The van der Waals surface area contributed by atoms with Crippen molar-refractivity contribution in [3.63, 3.8) is 0 Å². The molecule has 0 aromatic carbocycles. The van der Waals surface area contributed by atoms with E-state index in [1.165, 1.54) is 13.8 Å². The van der Waals surface area contributed by atoms with Gasteiger partial charge in [-0.3, -0.25) is 28.2 Å². The lowest BCUT2D eigenvalue weighted by Gasteiger charge is -2.41. The van der Waals surface area contributed by atoms with E-state index < -0.39 is 137 Å². The fraction of sp³-hybridized carbons (Fsp3) is 0.886. The number of nitrogens with one attached hydrogen (secondary N) is 2. The maximum Gasteiger partial charge on any atom is 0.472 e. The zero-order valence-electron chi connectivity index (χ0n) is 34.7. The standard InChI is InChI=1S/C35H65N2O22P/c1-7-9-23(41)52-17-20(57-24(42)10-8-2)18-56-60(50,51)55-14-12-37-33(49)35(5,6)54-19-34(3,4)53-13-11-36-31(48)30(28(46)25(43)21(40)15-38)59-32-29(47)27(45)26(44)22(16-39)58-32/h20-22,25-30,32,38-40,43-47H,7-19H2,1-6H3,(H,36,48)(H,37,49)(H,50,51)/t20?,21-,22-,25-,26-,27+,28+,29+,30+,32-/m1/s1. The molecule has 1 rings (SSSR count). The molecule has 11 atom stereocenters. The molecule has 1 fully saturated rings. The number of aliphatic hydroxyl groups is 8. The third-order valence-electron chi connectivity index (χ3n) is 8.55. The van der Waals surface area contributed by atoms with Crippen molar-refractivity contribution in [3.05, 3.63) is 0 Å². The first-order chi connectivity index (χ1) is 27.9. The maximum atomic E-state index is 13.1. The van der Waals surface area contributed by atoms with Crippen molar-refractivity contribution in [1.82, 2.24) is 10.6 Å². The molecule has 0 aromatic rings. The van der Waals surface area contributed by atoms with Gasteiger partial charge in [-0.1, -0.05) is 13.8 Å². The lowest BCUT2D eigenvalue weighted by atomic mass is 9.98. The summed E-state index contributed by atoms with van der Waals surface area (Å²) in [6.45, 7) is 5.34. The summed E-state index contributed by atoms with van der Waals surface area (Å²) in [6.07, 6.45) is -17.4. The Hall–Kier alpha value is -2.49. The zero-order chi connectivity index (χ0) is 45.8. The van der Waals surface area contributed by atoms with Crippen LogP contribution < -0.4 is 10.6 Å². The molecule has 0 radical (unpaired) electrons. The van der Waals surface area contributed by atoms with Crippen molar-refractivity contribution in [1.29, 1.82) is 0 Å². The van der Waals surface area contributed by atoms with Crippen molar-refractivity contribution in [2.24, 2.45) is 0 Å². The van der Waals surface area contributed by atoms with E-state index >= 15 is 0 Å². The van der Waals surface area contributed by atoms with Gasteiger partial charge in [0.1, 0.15) is 54.9 Å². The first kappa shape index (κ1) is 55.5. The van der Waals surface area contributed by atoms with E-state index in [1.54, 1.807) is 27.7 Å². The van der Waals surface area contributed by atoms with Crippen LogP contribution in [0.3, 0.4) is 0 Å². The van der Waals surface area contributed by atoms with Gasteiger partial charge in [-0.05, 0) is 40.5 Å². The molecule has 0 aliphatic carbocycles. The summed E-state index contributed by atoms with van der Waals surface area (Å²) >= 11 is 0. The molecule has 25 heteroatoms. The summed E-state index contributed by atoms with van der Waals surface area (Å²) in [5.41, 5.74) is -2.55. The summed E-state index contributed by atoms with van der Waals surface area (Å²) in [7, 11) is -4.71. The Bertz CT molecular complexity index is 1360. The van der Waals surface area contributed by atoms with Gasteiger partial charge in [0.05, 0.1) is 45.2 Å². The summed E-state index contributed by atoms with van der Waals surface area (Å²) in [5.74, 6) is -2.94. The highest BCUT2D eigenvalue weighted by molar-refractivity contribution is 7.47. The fourth-order valence-corrected chi connectivity index (χ4v) is 5.73. The van der Waals surface area contributed by atoms with E-state index in [2.05, 4.69) is 10.6 Å². The van der Waals surface area contributed by atoms with Crippen molar-refractivity contribution in [2.75, 3.05) is 59.3 Å². The lowest BCUT2D eigenvalue weighted by molar-refractivity contribution is -0.316. The van der Waals surface area contributed by atoms with Crippen LogP contribution in [-0.4, -0.2) is 201 Å². The van der Waals surface area contributed by atoms with Gasteiger partial charge in [0.15, 0.2) is 18.5 Å². The fourth-order valence-electron chi connectivity index (χ4n) is 4.98. The second-order valence-electron chi connectivity index (χ2n) is 14.8. The Balaban J connectivity index is 2.67. The highest BCUT2D eigenvalue weighted by Crippen LogP contribution is 2.43. The topological polar surface area (TPSA) is 365 Å². The van der Waals surface area contributed by atoms with Crippen molar-refractivity contribution in [2.45, 2.75) is 140 Å². The molecule has 1 aliphatic rings. The van der Waals surface area contributed by atoms with E-state index in [0.717, 1.165) is 0 Å². The number of phosphoric ester groups is 1. The van der Waals surface area contributed by atoms with Crippen LogP contribution >= 0.6 is 7.82 Å². The molecule has 0 aromatic heterocycles. The third kappa shape index (κ3) is 19.7. The highest BCUT2D eigenvalue weighted by Gasteiger charge is 2.47. The number of hydrogen-bond donors (Lipinski definition) is 11. The third-order valence-corrected chi connectivity index (χ3v) is 9.54. The Kier molecular flexibility index (Phi) is 24.9. The van der Waals surface area contributed by atoms with Gasteiger partial charge in [-0.25, -0.2) is 4.57 Å². The van der Waals surface area contributed by atoms with Gasteiger partial charge >= 0.3 is 19.8 Å². The van der Waals surface area contributed by atoms with Crippen LogP contribution in [0, 0.1) is 0 Å². The van der Waals surface area contributed by atoms with Gasteiger partial charge in [0.2, 0.25) is 0 Å². The molecule has 60 heavy (non-hydrogen) atoms. The molecule has 1 saturated heterocycles. The van der Waals surface area contributed by atoms with Crippen LogP contribution in [-0.2, 0) is 61.2 Å². The number of rotatable bonds is 30. The molecule has 24 nitrogen and oxygen atoms in total. The van der Waals surface area contributed by atoms with Crippen LogP contribution in [0.25, 0.3) is 0 Å². The normalized spacial score (nSPS) is 23.4. The Labute approximate surface area is 347 Å². The van der Waals surface area contributed by atoms with E-state index in [0.29, 0.717) is 12.8 Å². The van der Waals surface area contributed by atoms with E-state index in [9.17, 15) is 69.5 Å². The molecule has 1 heterocycles. The smallest absolute Gasteiger partial charge is 0.462 e. The zero-order valence-corrected chi connectivity index (χ0v) is 35.6. The molecule has 1 aliphatic heterocycles. The van der Waals surface area contributed by atoms with Crippen LogP contribution in [0.4, 0.5) is 0 Å². The number of hydrogen-bond acceptors (Lipinski definition) is 21. The molecule has 0 spiro atoms. The monoisotopic (exact) mass is 896 g/mol. The summed E-state index contributed by atoms with van der Waals surface area (Å²) in [4.78, 5) is 59.8. The van der Waals surface area contributed by atoms with Gasteiger partial charge in [-0.2, -0.15) is 0 Å². The van der Waals surface area contributed by atoms with Gasteiger partial charge in [0.25, 0.3) is 11.8 Å². The van der Waals surface area contributed by atoms with E-state index in [-0.39, 0.29) is 39.1 Å². The summed E-state index contributed by atoms with van der Waals surface area (Å²) < 4.78 is 54.6. The molecule has 2 amide bonds. The predicted molar refractivity (Wildman–Crippen MR) is 202 cm³/mol. The van der Waals surface area contributed by atoms with Gasteiger partial charge in [0, 0.05) is 25.9 Å². The SMILES string of the molecule is CCCC(=O)OCC(COP(=O)(O)OCCNC(=O)C(C)(C)OCC(C)(C)OCCNC(=O)[C@@H](O[C@H]1O[C@H](CO)[C@@H](O)[C@H](O)[C@@H]1O)[C@@H](O)[C@H](O)[C@H](O)CO)OC(=O)CCC. The molecule has 11 N–H and O–H groups in total. The minimum absolute atomic E-state index is 0.0650. The second kappa shape index (κ2) is 26.9. The molecule has 2 unspecified atom stereocenters. The van der Waals surface area contributed by atoms with Crippen LogP contribution in [0.2, 0.25) is 0 Å². The quantitative estimate of drug-likeness (QED) is 0.0187. The van der Waals surface area contributed by atoms with Gasteiger partial charge in [-0.15, -0.1) is 0 Å².